The van der Waals surface area contributed by atoms with Crippen molar-refractivity contribution in [1.82, 2.24) is 5.32 Å². The van der Waals surface area contributed by atoms with Gasteiger partial charge in [-0.05, 0) is 37.8 Å². The third-order valence-corrected chi connectivity index (χ3v) is 4.81. The Morgan fingerprint density at radius 1 is 1.32 bits per heavy atom. The normalized spacial score (nSPS) is 17.4. The summed E-state index contributed by atoms with van der Waals surface area (Å²) in [6.45, 7) is 1.57. The first-order valence-electron chi connectivity index (χ1n) is 8.14. The average Bonchev–Trinajstić information content (AvgIpc) is 2.61. The summed E-state index contributed by atoms with van der Waals surface area (Å²) in [5, 5.41) is 13.7. The number of esters is 1. The molecule has 2 rings (SSSR count). The number of rotatable bonds is 5. The molecule has 0 aromatic heterocycles. The molecule has 1 atom stereocenters. The first kappa shape index (κ1) is 18.8. The summed E-state index contributed by atoms with van der Waals surface area (Å²) in [7, 11) is 1.23. The van der Waals surface area contributed by atoms with Crippen LogP contribution in [0.15, 0.2) is 18.2 Å². The van der Waals surface area contributed by atoms with Crippen LogP contribution in [0.3, 0.4) is 0 Å². The smallest absolute Gasteiger partial charge is 0.331 e. The van der Waals surface area contributed by atoms with Gasteiger partial charge in [0.2, 0.25) is 0 Å². The van der Waals surface area contributed by atoms with Crippen LogP contribution in [0.1, 0.15) is 49.4 Å². The second kappa shape index (κ2) is 7.58. The largest absolute Gasteiger partial charge is 0.467 e. The minimum atomic E-state index is -1.30. The molecule has 0 unspecified atom stereocenters. The van der Waals surface area contributed by atoms with E-state index in [4.69, 9.17) is 4.74 Å². The van der Waals surface area contributed by atoms with Gasteiger partial charge in [0.1, 0.15) is 16.9 Å². The first-order chi connectivity index (χ1) is 11.8. The number of methoxy groups -OCH3 is 1. The Kier molecular flexibility index (Phi) is 5.71. The Balaban J connectivity index is 2.34. The summed E-state index contributed by atoms with van der Waals surface area (Å²) in [5.74, 6) is -2.34. The highest BCUT2D eigenvalue weighted by Crippen LogP contribution is 2.34. The zero-order valence-corrected chi connectivity index (χ0v) is 14.2. The molecule has 0 heterocycles. The number of hydrogen-bond donors (Lipinski definition) is 1. The van der Waals surface area contributed by atoms with E-state index in [1.54, 1.807) is 6.92 Å². The predicted molar refractivity (Wildman–Crippen MR) is 87.5 cm³/mol. The van der Waals surface area contributed by atoms with Gasteiger partial charge >= 0.3 is 5.97 Å². The third kappa shape index (κ3) is 3.94. The highest BCUT2D eigenvalue weighted by atomic mass is 19.1. The maximum absolute atomic E-state index is 13.3. The second-order valence-electron chi connectivity index (χ2n) is 6.40. The first-order valence-corrected chi connectivity index (χ1v) is 8.14. The maximum atomic E-state index is 13.3. The average molecular weight is 352 g/mol. The van der Waals surface area contributed by atoms with E-state index >= 15 is 0 Å². The summed E-state index contributed by atoms with van der Waals surface area (Å²) in [6.07, 6.45) is 4.42. The molecule has 0 spiro atoms. The zero-order valence-electron chi connectivity index (χ0n) is 14.2. The molecule has 8 heteroatoms. The fraction of sp³-hybridized carbons (Fsp3) is 0.529. The zero-order chi connectivity index (χ0) is 18.6. The summed E-state index contributed by atoms with van der Waals surface area (Å²) >= 11 is 0. The predicted octanol–water partition coefficient (Wildman–Crippen LogP) is 2.98. The van der Waals surface area contributed by atoms with Crippen molar-refractivity contribution in [3.63, 3.8) is 0 Å². The van der Waals surface area contributed by atoms with Gasteiger partial charge in [-0.25, -0.2) is 9.18 Å². The van der Waals surface area contributed by atoms with Crippen LogP contribution in [0, 0.1) is 21.8 Å². The van der Waals surface area contributed by atoms with Crippen LogP contribution in [0.25, 0.3) is 0 Å². The van der Waals surface area contributed by atoms with Crippen molar-refractivity contribution in [1.29, 1.82) is 0 Å². The number of nitro groups is 1. The van der Waals surface area contributed by atoms with Crippen molar-refractivity contribution in [2.24, 2.45) is 5.92 Å². The lowest BCUT2D eigenvalue weighted by molar-refractivity contribution is -0.385. The van der Waals surface area contributed by atoms with E-state index in [-0.39, 0.29) is 11.5 Å². The van der Waals surface area contributed by atoms with Crippen LogP contribution in [0.5, 0.6) is 0 Å². The number of benzene rings is 1. The Labute approximate surface area is 144 Å². The monoisotopic (exact) mass is 352 g/mol. The molecule has 0 radical (unpaired) electrons. The number of halogens is 1. The van der Waals surface area contributed by atoms with Crippen molar-refractivity contribution < 1.29 is 23.6 Å². The van der Waals surface area contributed by atoms with Gasteiger partial charge in [0.15, 0.2) is 0 Å². The van der Waals surface area contributed by atoms with E-state index in [1.807, 2.05) is 0 Å². The maximum Gasteiger partial charge on any atom is 0.331 e. The van der Waals surface area contributed by atoms with E-state index < -0.39 is 33.8 Å². The van der Waals surface area contributed by atoms with Crippen molar-refractivity contribution in [2.75, 3.05) is 7.11 Å². The molecular weight excluding hydrogens is 331 g/mol. The van der Waals surface area contributed by atoms with Gasteiger partial charge in [-0.1, -0.05) is 19.3 Å². The number of nitro benzene ring substituents is 1. The quantitative estimate of drug-likeness (QED) is 0.499. The molecule has 25 heavy (non-hydrogen) atoms. The molecule has 7 nitrogen and oxygen atoms in total. The Bertz CT molecular complexity index is 688. The van der Waals surface area contributed by atoms with Crippen LogP contribution in [-0.4, -0.2) is 29.4 Å². The summed E-state index contributed by atoms with van der Waals surface area (Å²) < 4.78 is 18.1. The van der Waals surface area contributed by atoms with Crippen LogP contribution in [0.2, 0.25) is 0 Å². The molecular formula is C17H21FN2O5. The van der Waals surface area contributed by atoms with Crippen LogP contribution in [0.4, 0.5) is 10.1 Å². The van der Waals surface area contributed by atoms with Crippen molar-refractivity contribution in [3.05, 3.63) is 39.7 Å². The van der Waals surface area contributed by atoms with E-state index in [9.17, 15) is 24.1 Å². The molecule has 1 aliphatic rings. The molecule has 136 valence electrons. The molecule has 1 aromatic carbocycles. The second-order valence-corrected chi connectivity index (χ2v) is 6.40. The number of ether oxygens (including phenoxy) is 1. The Morgan fingerprint density at radius 2 is 1.96 bits per heavy atom. The summed E-state index contributed by atoms with van der Waals surface area (Å²) in [6, 6.07) is 2.70. The van der Waals surface area contributed by atoms with Crippen LogP contribution < -0.4 is 5.32 Å². The van der Waals surface area contributed by atoms with E-state index in [0.29, 0.717) is 6.07 Å². The third-order valence-electron chi connectivity index (χ3n) is 4.81. The van der Waals surface area contributed by atoms with E-state index in [2.05, 4.69) is 5.32 Å². The van der Waals surface area contributed by atoms with Crippen molar-refractivity contribution in [3.8, 4) is 0 Å². The number of nitrogens with zero attached hydrogens (tertiary/aromatic N) is 1. The SMILES string of the molecule is COC(=O)[C@](C)(NC(=O)c1ccc(F)cc1[N+](=O)[O-])C1CCCCC1. The highest BCUT2D eigenvalue weighted by molar-refractivity contribution is 6.01. The summed E-state index contributed by atoms with van der Waals surface area (Å²) in [5.41, 5.74) is -2.24. The van der Waals surface area contributed by atoms with Crippen molar-refractivity contribution >= 4 is 17.6 Å². The minimum Gasteiger partial charge on any atom is -0.467 e. The molecule has 1 fully saturated rings. The van der Waals surface area contributed by atoms with Gasteiger partial charge in [-0.15, -0.1) is 0 Å². The Hall–Kier alpha value is -2.51. The van der Waals surface area contributed by atoms with Gasteiger partial charge < -0.3 is 10.1 Å². The number of carbonyl (C=O) groups is 2. The molecule has 1 saturated carbocycles. The molecule has 1 aliphatic carbocycles. The molecule has 1 amide bonds. The molecule has 1 N–H and O–H groups in total. The van der Waals surface area contributed by atoms with Gasteiger partial charge in [-0.3, -0.25) is 14.9 Å². The van der Waals surface area contributed by atoms with Crippen LogP contribution >= 0.6 is 0 Å². The Morgan fingerprint density at radius 3 is 2.52 bits per heavy atom. The molecule has 0 bridgehead atoms. The van der Waals surface area contributed by atoms with Crippen molar-refractivity contribution in [2.45, 2.75) is 44.6 Å². The van der Waals surface area contributed by atoms with Gasteiger partial charge in [0, 0.05) is 0 Å². The van der Waals surface area contributed by atoms with Crippen LogP contribution in [-0.2, 0) is 9.53 Å². The number of hydrogen-bond acceptors (Lipinski definition) is 5. The molecule has 0 aliphatic heterocycles. The van der Waals surface area contributed by atoms with E-state index in [1.165, 1.54) is 7.11 Å². The standard InChI is InChI=1S/C17H21FN2O5/c1-17(16(22)25-2,11-6-4-3-5-7-11)19-15(21)13-9-8-12(18)10-14(13)20(23)24/h8-11H,3-7H2,1-2H3,(H,19,21)/t17-/m1/s1. The lowest BCUT2D eigenvalue weighted by Gasteiger charge is -2.38. The van der Waals surface area contributed by atoms with Gasteiger partial charge in [-0.2, -0.15) is 0 Å². The topological polar surface area (TPSA) is 98.5 Å². The number of amides is 1. The summed E-state index contributed by atoms with van der Waals surface area (Å²) in [4.78, 5) is 35.2. The molecule has 1 aromatic rings. The number of nitrogens with one attached hydrogen (secondary N) is 1. The highest BCUT2D eigenvalue weighted by Gasteiger charge is 2.44. The number of carbonyl (C=O) groups excluding carboxylic acids is 2. The fourth-order valence-corrected chi connectivity index (χ4v) is 3.36. The lowest BCUT2D eigenvalue weighted by Crippen LogP contribution is -2.58. The fourth-order valence-electron chi connectivity index (χ4n) is 3.36. The van der Waals surface area contributed by atoms with Gasteiger partial charge in [0.25, 0.3) is 11.6 Å². The lowest BCUT2D eigenvalue weighted by atomic mass is 9.75. The molecule has 0 saturated heterocycles. The van der Waals surface area contributed by atoms with Gasteiger partial charge in [0.05, 0.1) is 18.1 Å². The van der Waals surface area contributed by atoms with E-state index in [0.717, 1.165) is 44.2 Å². The minimum absolute atomic E-state index is 0.128.